The summed E-state index contributed by atoms with van der Waals surface area (Å²) in [7, 11) is 0. The smallest absolute Gasteiger partial charge is 0.262 e. The third kappa shape index (κ3) is 3.53. The molecule has 2 heterocycles. The highest BCUT2D eigenvalue weighted by Gasteiger charge is 2.38. The average Bonchev–Trinajstić information content (AvgIpc) is 3.19. The van der Waals surface area contributed by atoms with E-state index in [2.05, 4.69) is 6.58 Å². The van der Waals surface area contributed by atoms with Crippen LogP contribution in [0.5, 0.6) is 0 Å². The van der Waals surface area contributed by atoms with Gasteiger partial charge in [-0.15, -0.1) is 17.9 Å². The van der Waals surface area contributed by atoms with Crippen LogP contribution in [-0.2, 0) is 11.3 Å². The number of imide groups is 1. The largest absolute Gasteiger partial charge is 0.332 e. The Morgan fingerprint density at radius 2 is 1.81 bits per heavy atom. The van der Waals surface area contributed by atoms with E-state index in [1.165, 1.54) is 23.5 Å². The Kier molecular flexibility index (Phi) is 5.46. The van der Waals surface area contributed by atoms with E-state index in [1.54, 1.807) is 11.0 Å². The molecule has 134 valence electrons. The van der Waals surface area contributed by atoms with E-state index in [0.717, 1.165) is 9.78 Å². The lowest BCUT2D eigenvalue weighted by atomic mass is 10.1. The average molecular weight is 409 g/mol. The molecular formula is C18H14Cl2N2O3S. The lowest BCUT2D eigenvalue weighted by Gasteiger charge is -2.23. The second-order valence-corrected chi connectivity index (χ2v) is 7.50. The van der Waals surface area contributed by atoms with Crippen LogP contribution in [0, 0.1) is 0 Å². The van der Waals surface area contributed by atoms with Gasteiger partial charge in [-0.05, 0) is 23.6 Å². The molecule has 3 amide bonds. The van der Waals surface area contributed by atoms with Crippen molar-refractivity contribution in [3.63, 3.8) is 0 Å². The first-order valence-corrected chi connectivity index (χ1v) is 9.32. The monoisotopic (exact) mass is 408 g/mol. The summed E-state index contributed by atoms with van der Waals surface area (Å²) in [5.74, 6) is -1.44. The van der Waals surface area contributed by atoms with Gasteiger partial charge in [0.25, 0.3) is 11.8 Å². The van der Waals surface area contributed by atoms with Crippen molar-refractivity contribution >= 4 is 52.3 Å². The highest BCUT2D eigenvalue weighted by Crippen LogP contribution is 2.31. The van der Waals surface area contributed by atoms with Crippen LogP contribution in [-0.4, -0.2) is 40.6 Å². The van der Waals surface area contributed by atoms with Gasteiger partial charge in [-0.1, -0.05) is 35.3 Å². The normalized spacial score (nSPS) is 13.1. The van der Waals surface area contributed by atoms with Crippen LogP contribution in [0.25, 0.3) is 0 Å². The lowest BCUT2D eigenvalue weighted by Crippen LogP contribution is -2.42. The summed E-state index contributed by atoms with van der Waals surface area (Å²) in [5.41, 5.74) is 0.316. The van der Waals surface area contributed by atoms with Gasteiger partial charge < -0.3 is 4.90 Å². The first kappa shape index (κ1) is 18.6. The maximum atomic E-state index is 12.7. The van der Waals surface area contributed by atoms with Gasteiger partial charge in [0.15, 0.2) is 0 Å². The molecule has 0 radical (unpaired) electrons. The number of benzene rings is 1. The van der Waals surface area contributed by atoms with Crippen molar-refractivity contribution < 1.29 is 14.4 Å². The number of carbonyl (C=O) groups excluding carboxylic acids is 3. The molecule has 0 atom stereocenters. The molecule has 0 spiro atoms. The molecule has 1 aliphatic heterocycles. The van der Waals surface area contributed by atoms with Gasteiger partial charge >= 0.3 is 0 Å². The van der Waals surface area contributed by atoms with Crippen molar-refractivity contribution in [3.8, 4) is 0 Å². The summed E-state index contributed by atoms with van der Waals surface area (Å²) in [6.07, 6.45) is 1.60. The van der Waals surface area contributed by atoms with Crippen LogP contribution in [0.4, 0.5) is 0 Å². The van der Waals surface area contributed by atoms with Crippen LogP contribution < -0.4 is 0 Å². The van der Waals surface area contributed by atoms with E-state index in [9.17, 15) is 14.4 Å². The number of hydrogen-bond donors (Lipinski definition) is 0. The summed E-state index contributed by atoms with van der Waals surface area (Å²) in [6, 6.07) is 6.53. The Balaban J connectivity index is 1.79. The van der Waals surface area contributed by atoms with Gasteiger partial charge in [-0.25, -0.2) is 0 Å². The zero-order valence-electron chi connectivity index (χ0n) is 13.6. The molecule has 3 rings (SSSR count). The minimum Gasteiger partial charge on any atom is -0.332 e. The van der Waals surface area contributed by atoms with Crippen molar-refractivity contribution in [2.24, 2.45) is 0 Å². The Hall–Kier alpha value is -2.15. The molecule has 5 nitrogen and oxygen atoms in total. The fourth-order valence-electron chi connectivity index (χ4n) is 2.66. The zero-order chi connectivity index (χ0) is 18.8. The first-order chi connectivity index (χ1) is 12.4. The number of nitrogens with zero attached hydrogens (tertiary/aromatic N) is 2. The fourth-order valence-corrected chi connectivity index (χ4v) is 3.71. The first-order valence-electron chi connectivity index (χ1n) is 7.68. The zero-order valence-corrected chi connectivity index (χ0v) is 15.9. The molecule has 1 aromatic heterocycles. The van der Waals surface area contributed by atoms with E-state index in [4.69, 9.17) is 23.2 Å². The number of halogens is 2. The van der Waals surface area contributed by atoms with Gasteiger partial charge in [-0.3, -0.25) is 19.3 Å². The molecule has 0 fully saturated rings. The summed E-state index contributed by atoms with van der Waals surface area (Å²) in [4.78, 5) is 41.2. The predicted octanol–water partition coefficient (Wildman–Crippen LogP) is 3.87. The minimum absolute atomic E-state index is 0.158. The van der Waals surface area contributed by atoms with Gasteiger partial charge in [0.2, 0.25) is 5.91 Å². The molecule has 0 saturated heterocycles. The molecule has 0 aliphatic carbocycles. The van der Waals surface area contributed by atoms with E-state index in [1.807, 2.05) is 17.5 Å². The van der Waals surface area contributed by atoms with Crippen molar-refractivity contribution in [2.75, 3.05) is 13.1 Å². The molecule has 1 aromatic carbocycles. The third-order valence-corrected chi connectivity index (χ3v) is 5.52. The van der Waals surface area contributed by atoms with E-state index in [0.29, 0.717) is 13.1 Å². The van der Waals surface area contributed by atoms with Crippen molar-refractivity contribution in [1.82, 2.24) is 9.80 Å². The SMILES string of the molecule is C=CCN(Cc1cccs1)C(=O)CN1C(=O)c2cc(Cl)c(Cl)cc2C1=O. The van der Waals surface area contributed by atoms with Crippen molar-refractivity contribution in [1.29, 1.82) is 0 Å². The molecule has 0 saturated carbocycles. The fraction of sp³-hybridized carbons (Fsp3) is 0.167. The quantitative estimate of drug-likeness (QED) is 0.538. The Morgan fingerprint density at radius 1 is 1.19 bits per heavy atom. The van der Waals surface area contributed by atoms with E-state index >= 15 is 0 Å². The van der Waals surface area contributed by atoms with Crippen LogP contribution in [0.3, 0.4) is 0 Å². The molecule has 0 bridgehead atoms. The molecule has 8 heteroatoms. The van der Waals surface area contributed by atoms with Crippen LogP contribution in [0.2, 0.25) is 10.0 Å². The minimum atomic E-state index is -0.549. The van der Waals surface area contributed by atoms with Gasteiger partial charge in [-0.2, -0.15) is 0 Å². The van der Waals surface area contributed by atoms with E-state index in [-0.39, 0.29) is 33.6 Å². The summed E-state index contributed by atoms with van der Waals surface area (Å²) < 4.78 is 0. The van der Waals surface area contributed by atoms with Gasteiger partial charge in [0.1, 0.15) is 6.54 Å². The maximum Gasteiger partial charge on any atom is 0.262 e. The number of fused-ring (bicyclic) bond motifs is 1. The molecule has 0 N–H and O–H groups in total. The molecular weight excluding hydrogens is 395 g/mol. The number of amides is 3. The standard InChI is InChI=1S/C18H14Cl2N2O3S/c1-2-5-21(9-11-4-3-6-26-11)16(23)10-22-17(24)12-7-14(19)15(20)8-13(12)18(22)25/h2-4,6-8H,1,5,9-10H2. The van der Waals surface area contributed by atoms with Crippen LogP contribution in [0.15, 0.2) is 42.3 Å². The van der Waals surface area contributed by atoms with Crippen LogP contribution >= 0.6 is 34.5 Å². The lowest BCUT2D eigenvalue weighted by molar-refractivity contribution is -0.131. The second kappa shape index (κ2) is 7.61. The van der Waals surface area contributed by atoms with Crippen molar-refractivity contribution in [3.05, 3.63) is 68.3 Å². The second-order valence-electron chi connectivity index (χ2n) is 5.65. The summed E-state index contributed by atoms with van der Waals surface area (Å²) in [6.45, 7) is 4.02. The Bertz CT molecular complexity index is 855. The summed E-state index contributed by atoms with van der Waals surface area (Å²) in [5, 5.41) is 2.29. The maximum absolute atomic E-state index is 12.7. The third-order valence-electron chi connectivity index (χ3n) is 3.93. The molecule has 1 aliphatic rings. The van der Waals surface area contributed by atoms with Crippen molar-refractivity contribution in [2.45, 2.75) is 6.54 Å². The molecule has 2 aromatic rings. The number of thiophene rings is 1. The number of hydrogen-bond acceptors (Lipinski definition) is 4. The Labute approximate surface area is 164 Å². The molecule has 0 unspecified atom stereocenters. The number of carbonyl (C=O) groups is 3. The molecule has 26 heavy (non-hydrogen) atoms. The Morgan fingerprint density at radius 3 is 2.31 bits per heavy atom. The van der Waals surface area contributed by atoms with Crippen LogP contribution in [0.1, 0.15) is 25.6 Å². The topological polar surface area (TPSA) is 57.7 Å². The highest BCUT2D eigenvalue weighted by molar-refractivity contribution is 7.09. The van der Waals surface area contributed by atoms with Gasteiger partial charge in [0.05, 0.1) is 27.7 Å². The number of rotatable bonds is 6. The summed E-state index contributed by atoms with van der Waals surface area (Å²) >= 11 is 13.4. The van der Waals surface area contributed by atoms with Gasteiger partial charge in [0, 0.05) is 11.4 Å². The van der Waals surface area contributed by atoms with E-state index < -0.39 is 11.8 Å². The predicted molar refractivity (Wildman–Crippen MR) is 102 cm³/mol. The highest BCUT2D eigenvalue weighted by atomic mass is 35.5.